The number of nitrogens with zero attached hydrogens (tertiary/aromatic N) is 1. The van der Waals surface area contributed by atoms with Gasteiger partial charge in [0.05, 0.1) is 17.6 Å². The summed E-state index contributed by atoms with van der Waals surface area (Å²) in [5.74, 6) is -2.19. The van der Waals surface area contributed by atoms with Crippen molar-refractivity contribution in [2.24, 2.45) is 0 Å². The van der Waals surface area contributed by atoms with Crippen LogP contribution in [0.4, 0.5) is 0 Å². The highest BCUT2D eigenvalue weighted by atomic mass is 16.4. The van der Waals surface area contributed by atoms with Gasteiger partial charge in [0.15, 0.2) is 5.43 Å². The zero-order valence-electron chi connectivity index (χ0n) is 14.3. The van der Waals surface area contributed by atoms with Crippen LogP contribution in [-0.4, -0.2) is 40.5 Å². The maximum Gasteiger partial charge on any atom is 0.322 e. The van der Waals surface area contributed by atoms with E-state index in [1.54, 1.807) is 53.1 Å². The summed E-state index contributed by atoms with van der Waals surface area (Å²) in [4.78, 5) is 46.9. The molecule has 0 saturated heterocycles. The average Bonchev–Trinajstić information content (AvgIpc) is 2.68. The lowest BCUT2D eigenvalue weighted by Gasteiger charge is -2.15. The lowest BCUT2D eigenvalue weighted by molar-refractivity contribution is -0.137. The molecule has 0 saturated carbocycles. The molecule has 0 atom stereocenters. The molecular formula is C19H17N3O5. The number of nitrogens with one attached hydrogen (secondary N) is 2. The molecule has 3 aromatic rings. The lowest BCUT2D eigenvalue weighted by Crippen LogP contribution is -2.40. The number of benzene rings is 2. The average molecular weight is 367 g/mol. The Kier molecular flexibility index (Phi) is 5.16. The predicted octanol–water partition coefficient (Wildman–Crippen LogP) is 0.472. The van der Waals surface area contributed by atoms with E-state index >= 15 is 0 Å². The molecule has 1 heterocycles. The number of fused-ring (bicyclic) bond motifs is 2. The number of para-hydroxylation sites is 2. The first-order valence-corrected chi connectivity index (χ1v) is 8.23. The Bertz CT molecular complexity index is 1040. The zero-order chi connectivity index (χ0) is 19.4. The molecule has 8 nitrogen and oxygen atoms in total. The van der Waals surface area contributed by atoms with E-state index in [4.69, 9.17) is 5.11 Å². The summed E-state index contributed by atoms with van der Waals surface area (Å²) in [5, 5.41) is 14.2. The maximum atomic E-state index is 12.7. The van der Waals surface area contributed by atoms with Gasteiger partial charge in [-0.3, -0.25) is 19.2 Å². The van der Waals surface area contributed by atoms with Crippen LogP contribution < -0.4 is 16.1 Å². The van der Waals surface area contributed by atoms with Crippen molar-refractivity contribution in [1.29, 1.82) is 0 Å². The normalized spacial score (nSPS) is 10.7. The van der Waals surface area contributed by atoms with Crippen molar-refractivity contribution in [2.45, 2.75) is 6.54 Å². The maximum absolute atomic E-state index is 12.7. The van der Waals surface area contributed by atoms with E-state index in [2.05, 4.69) is 10.6 Å². The van der Waals surface area contributed by atoms with E-state index in [0.29, 0.717) is 21.8 Å². The van der Waals surface area contributed by atoms with Crippen LogP contribution in [0.15, 0.2) is 53.3 Å². The minimum Gasteiger partial charge on any atom is -0.480 e. The van der Waals surface area contributed by atoms with Crippen molar-refractivity contribution in [3.63, 3.8) is 0 Å². The molecule has 0 spiro atoms. The molecule has 0 radical (unpaired) electrons. The molecule has 3 rings (SSSR count). The van der Waals surface area contributed by atoms with Gasteiger partial charge >= 0.3 is 5.97 Å². The second-order valence-corrected chi connectivity index (χ2v) is 5.90. The number of aliphatic carboxylic acids is 1. The summed E-state index contributed by atoms with van der Waals surface area (Å²) < 4.78 is 1.72. The highest BCUT2D eigenvalue weighted by Crippen LogP contribution is 2.18. The minimum atomic E-state index is -1.17. The number of carbonyl (C=O) groups is 3. The summed E-state index contributed by atoms with van der Waals surface area (Å²) in [7, 11) is 0. The standard InChI is InChI=1S/C19H17N3O5/c23-16(21-10-18(25)26)9-20-17(24)11-22-14-7-3-1-5-12(14)19(27)13-6-2-4-8-15(13)22/h1-8H,9-11H2,(H,20,24)(H,21,23)(H,25,26). The van der Waals surface area contributed by atoms with Crippen molar-refractivity contribution in [1.82, 2.24) is 15.2 Å². The number of rotatable bonds is 6. The number of pyridine rings is 1. The van der Waals surface area contributed by atoms with Crippen molar-refractivity contribution < 1.29 is 19.5 Å². The second-order valence-electron chi connectivity index (χ2n) is 5.90. The van der Waals surface area contributed by atoms with Gasteiger partial charge in [-0.15, -0.1) is 0 Å². The lowest BCUT2D eigenvalue weighted by atomic mass is 10.1. The van der Waals surface area contributed by atoms with Gasteiger partial charge in [-0.25, -0.2) is 0 Å². The predicted molar refractivity (Wildman–Crippen MR) is 99.4 cm³/mol. The van der Waals surface area contributed by atoms with E-state index in [1.165, 1.54) is 0 Å². The summed E-state index contributed by atoms with van der Waals surface area (Å²) in [6, 6.07) is 14.0. The van der Waals surface area contributed by atoms with Gasteiger partial charge in [0.2, 0.25) is 11.8 Å². The van der Waals surface area contributed by atoms with Gasteiger partial charge in [0.25, 0.3) is 0 Å². The fourth-order valence-corrected chi connectivity index (χ4v) is 2.86. The number of hydrogen-bond donors (Lipinski definition) is 3. The van der Waals surface area contributed by atoms with Crippen molar-refractivity contribution >= 4 is 39.6 Å². The number of amides is 2. The van der Waals surface area contributed by atoms with Gasteiger partial charge in [0, 0.05) is 10.8 Å². The summed E-state index contributed by atoms with van der Waals surface area (Å²) >= 11 is 0. The number of carbonyl (C=O) groups excluding carboxylic acids is 2. The molecule has 2 amide bonds. The summed E-state index contributed by atoms with van der Waals surface area (Å²) in [6.45, 7) is -0.931. The Balaban J connectivity index is 1.86. The molecule has 0 aliphatic carbocycles. The molecule has 138 valence electrons. The first-order valence-electron chi connectivity index (χ1n) is 8.23. The van der Waals surface area contributed by atoms with E-state index in [1.807, 2.05) is 0 Å². The van der Waals surface area contributed by atoms with E-state index < -0.39 is 24.3 Å². The third-order valence-corrected chi connectivity index (χ3v) is 4.06. The number of aromatic nitrogens is 1. The van der Waals surface area contributed by atoms with Crippen LogP contribution in [0.25, 0.3) is 21.8 Å². The van der Waals surface area contributed by atoms with E-state index in [9.17, 15) is 19.2 Å². The van der Waals surface area contributed by atoms with Crippen LogP contribution in [0, 0.1) is 0 Å². The van der Waals surface area contributed by atoms with Gasteiger partial charge in [-0.05, 0) is 24.3 Å². The Morgan fingerprint density at radius 1 is 0.815 bits per heavy atom. The quantitative estimate of drug-likeness (QED) is 0.548. The van der Waals surface area contributed by atoms with Crippen LogP contribution in [0.1, 0.15) is 0 Å². The van der Waals surface area contributed by atoms with Crippen LogP contribution in [0.2, 0.25) is 0 Å². The highest BCUT2D eigenvalue weighted by Gasteiger charge is 2.13. The Morgan fingerprint density at radius 3 is 1.89 bits per heavy atom. The molecule has 8 heteroatoms. The number of hydrogen-bond acceptors (Lipinski definition) is 4. The molecule has 0 aliphatic rings. The molecule has 2 aromatic carbocycles. The second kappa shape index (κ2) is 7.69. The topological polar surface area (TPSA) is 118 Å². The van der Waals surface area contributed by atoms with Crippen LogP contribution in [-0.2, 0) is 20.9 Å². The fraction of sp³-hybridized carbons (Fsp3) is 0.158. The largest absolute Gasteiger partial charge is 0.480 e. The van der Waals surface area contributed by atoms with Crippen molar-refractivity contribution in [2.75, 3.05) is 13.1 Å². The smallest absolute Gasteiger partial charge is 0.322 e. The molecule has 27 heavy (non-hydrogen) atoms. The molecule has 1 aromatic heterocycles. The van der Waals surface area contributed by atoms with Crippen molar-refractivity contribution in [3.05, 3.63) is 58.8 Å². The van der Waals surface area contributed by atoms with Gasteiger partial charge in [-0.1, -0.05) is 24.3 Å². The molecule has 0 bridgehead atoms. The summed E-state index contributed by atoms with van der Waals surface area (Å²) in [5.41, 5.74) is 1.13. The fourth-order valence-electron chi connectivity index (χ4n) is 2.86. The van der Waals surface area contributed by atoms with Crippen LogP contribution in [0.5, 0.6) is 0 Å². The SMILES string of the molecule is O=C(O)CNC(=O)CNC(=O)Cn1c2ccccc2c(=O)c2ccccc21. The number of carboxylic acids is 1. The van der Waals surface area contributed by atoms with Crippen LogP contribution >= 0.6 is 0 Å². The Labute approximate surface area is 153 Å². The molecule has 0 fully saturated rings. The first-order chi connectivity index (χ1) is 13.0. The van der Waals surface area contributed by atoms with Gasteiger partial charge in [0.1, 0.15) is 13.1 Å². The molecule has 0 unspecified atom stereocenters. The third kappa shape index (κ3) is 3.95. The number of carboxylic acid groups (broad SMARTS) is 1. The molecule has 0 aliphatic heterocycles. The zero-order valence-corrected chi connectivity index (χ0v) is 14.3. The Morgan fingerprint density at radius 2 is 1.33 bits per heavy atom. The van der Waals surface area contributed by atoms with E-state index in [0.717, 1.165) is 0 Å². The molecule has 3 N–H and O–H groups in total. The monoisotopic (exact) mass is 367 g/mol. The van der Waals surface area contributed by atoms with Crippen molar-refractivity contribution in [3.8, 4) is 0 Å². The Hall–Kier alpha value is -3.68. The highest BCUT2D eigenvalue weighted by molar-refractivity contribution is 5.95. The van der Waals surface area contributed by atoms with Gasteiger partial charge < -0.3 is 20.3 Å². The minimum absolute atomic E-state index is 0.0898. The molecular weight excluding hydrogens is 350 g/mol. The first kappa shape index (κ1) is 18.1. The van der Waals surface area contributed by atoms with E-state index in [-0.39, 0.29) is 18.5 Å². The third-order valence-electron chi connectivity index (χ3n) is 4.06. The van der Waals surface area contributed by atoms with Gasteiger partial charge in [-0.2, -0.15) is 0 Å². The summed E-state index contributed by atoms with van der Waals surface area (Å²) in [6.07, 6.45) is 0. The van der Waals surface area contributed by atoms with Crippen LogP contribution in [0.3, 0.4) is 0 Å².